The molecule has 1 rings (SSSR count). The van der Waals surface area contributed by atoms with Gasteiger partial charge in [0.1, 0.15) is 0 Å². The second-order valence-electron chi connectivity index (χ2n) is 3.45. The van der Waals surface area contributed by atoms with Crippen LogP contribution in [-0.2, 0) is 14.8 Å². The molecule has 1 aromatic carbocycles. The van der Waals surface area contributed by atoms with Crippen LogP contribution in [0.4, 0.5) is 5.69 Å². The summed E-state index contributed by atoms with van der Waals surface area (Å²) in [7, 11) is -4.06. The minimum absolute atomic E-state index is 0.341. The van der Waals surface area contributed by atoms with Gasteiger partial charge >= 0.3 is 11.7 Å². The molecule has 0 bridgehead atoms. The van der Waals surface area contributed by atoms with E-state index in [-0.39, 0.29) is 6.54 Å². The number of aliphatic carboxylic acids is 1. The summed E-state index contributed by atoms with van der Waals surface area (Å²) in [6.07, 6.45) is -0.417. The Kier molecular flexibility index (Phi) is 4.40. The molecule has 0 saturated heterocycles. The SMILES string of the molecule is O=C(O)CCNS(=O)(=O)c1ccc(O)c([N+](=O)[O-])c1. The third kappa shape index (κ3) is 3.89. The van der Waals surface area contributed by atoms with E-state index in [0.717, 1.165) is 12.1 Å². The van der Waals surface area contributed by atoms with Crippen molar-refractivity contribution in [3.05, 3.63) is 28.3 Å². The zero-order chi connectivity index (χ0) is 14.6. The maximum Gasteiger partial charge on any atom is 0.312 e. The Morgan fingerprint density at radius 3 is 2.58 bits per heavy atom. The molecule has 0 unspecified atom stereocenters. The quantitative estimate of drug-likeness (QED) is 0.495. The number of sulfonamides is 1. The first-order valence-corrected chi connectivity index (χ1v) is 6.41. The fourth-order valence-electron chi connectivity index (χ4n) is 1.19. The van der Waals surface area contributed by atoms with Crippen molar-refractivity contribution in [1.82, 2.24) is 4.72 Å². The highest BCUT2D eigenvalue weighted by Gasteiger charge is 2.20. The van der Waals surface area contributed by atoms with Crippen LogP contribution < -0.4 is 4.72 Å². The molecule has 0 amide bonds. The van der Waals surface area contributed by atoms with E-state index in [1.54, 1.807) is 0 Å². The number of aromatic hydroxyl groups is 1. The third-order valence-electron chi connectivity index (χ3n) is 2.08. The number of nitrogens with one attached hydrogen (secondary N) is 1. The fourth-order valence-corrected chi connectivity index (χ4v) is 2.24. The van der Waals surface area contributed by atoms with E-state index in [0.29, 0.717) is 6.07 Å². The van der Waals surface area contributed by atoms with Crippen molar-refractivity contribution in [2.24, 2.45) is 0 Å². The maximum absolute atomic E-state index is 11.7. The van der Waals surface area contributed by atoms with Gasteiger partial charge in [0.15, 0.2) is 5.75 Å². The number of nitrogens with zero attached hydrogens (tertiary/aromatic N) is 1. The predicted octanol–water partition coefficient (Wildman–Crippen LogP) is 0.0534. The first kappa shape index (κ1) is 14.9. The molecule has 0 aliphatic heterocycles. The summed E-state index contributed by atoms with van der Waals surface area (Å²) in [5.41, 5.74) is -0.749. The molecule has 0 fully saturated rings. The van der Waals surface area contributed by atoms with Gasteiger partial charge in [-0.1, -0.05) is 0 Å². The van der Waals surface area contributed by atoms with Crippen LogP contribution in [0, 0.1) is 10.1 Å². The maximum atomic E-state index is 11.7. The van der Waals surface area contributed by atoms with Crippen LogP contribution >= 0.6 is 0 Å². The van der Waals surface area contributed by atoms with E-state index in [1.165, 1.54) is 0 Å². The summed E-state index contributed by atoms with van der Waals surface area (Å²) in [6.45, 7) is -0.341. The summed E-state index contributed by atoms with van der Waals surface area (Å²) < 4.78 is 25.4. The normalized spacial score (nSPS) is 11.2. The average molecular weight is 290 g/mol. The Labute approximate surface area is 107 Å². The van der Waals surface area contributed by atoms with Gasteiger partial charge in [0.2, 0.25) is 10.0 Å². The van der Waals surface area contributed by atoms with Gasteiger partial charge in [-0.2, -0.15) is 0 Å². The average Bonchev–Trinajstić information content (AvgIpc) is 2.27. The summed E-state index contributed by atoms with van der Waals surface area (Å²) in [6, 6.07) is 2.55. The number of phenols is 1. The van der Waals surface area contributed by atoms with E-state index in [9.17, 15) is 28.4 Å². The molecule has 0 aromatic heterocycles. The van der Waals surface area contributed by atoms with Crippen LogP contribution in [0.15, 0.2) is 23.1 Å². The number of hydrogen-bond acceptors (Lipinski definition) is 6. The minimum Gasteiger partial charge on any atom is -0.502 e. The highest BCUT2D eigenvalue weighted by atomic mass is 32.2. The van der Waals surface area contributed by atoms with E-state index in [2.05, 4.69) is 0 Å². The number of benzene rings is 1. The van der Waals surface area contributed by atoms with E-state index in [1.807, 2.05) is 4.72 Å². The van der Waals surface area contributed by atoms with Crippen molar-refractivity contribution in [2.45, 2.75) is 11.3 Å². The van der Waals surface area contributed by atoms with Gasteiger partial charge in [0.05, 0.1) is 16.2 Å². The zero-order valence-corrected chi connectivity index (χ0v) is 10.3. The summed E-state index contributed by atoms with van der Waals surface area (Å²) in [5, 5.41) is 28.1. The van der Waals surface area contributed by atoms with Crippen molar-refractivity contribution in [2.75, 3.05) is 6.54 Å². The van der Waals surface area contributed by atoms with Crippen molar-refractivity contribution < 1.29 is 28.3 Å². The Balaban J connectivity index is 2.99. The Morgan fingerprint density at radius 2 is 2.05 bits per heavy atom. The molecule has 19 heavy (non-hydrogen) atoms. The highest BCUT2D eigenvalue weighted by molar-refractivity contribution is 7.89. The molecule has 3 N–H and O–H groups in total. The number of rotatable bonds is 6. The smallest absolute Gasteiger partial charge is 0.312 e. The first-order chi connectivity index (χ1) is 8.74. The number of phenolic OH excluding ortho intramolecular Hbond substituents is 1. The van der Waals surface area contributed by atoms with Crippen molar-refractivity contribution in [3.8, 4) is 5.75 Å². The monoisotopic (exact) mass is 290 g/mol. The van der Waals surface area contributed by atoms with Crippen molar-refractivity contribution in [3.63, 3.8) is 0 Å². The second kappa shape index (κ2) is 5.63. The van der Waals surface area contributed by atoms with E-state index >= 15 is 0 Å². The lowest BCUT2D eigenvalue weighted by molar-refractivity contribution is -0.386. The standard InChI is InChI=1S/C9H10N2O7S/c12-8-2-1-6(5-7(8)11(15)16)19(17,18)10-4-3-9(13)14/h1-2,5,10,12H,3-4H2,(H,13,14). The van der Waals surface area contributed by atoms with Crippen molar-refractivity contribution >= 4 is 21.7 Å². The molecule has 0 aliphatic rings. The van der Waals surface area contributed by atoms with Gasteiger partial charge in [0.25, 0.3) is 0 Å². The molecule has 0 spiro atoms. The topological polar surface area (TPSA) is 147 Å². The second-order valence-corrected chi connectivity index (χ2v) is 5.22. The van der Waals surface area contributed by atoms with Gasteiger partial charge in [-0.05, 0) is 12.1 Å². The molecule has 1 aromatic rings. The lowest BCUT2D eigenvalue weighted by atomic mass is 10.3. The largest absolute Gasteiger partial charge is 0.502 e. The Bertz CT molecular complexity index is 611. The van der Waals surface area contributed by atoms with Gasteiger partial charge < -0.3 is 10.2 Å². The number of hydrogen-bond donors (Lipinski definition) is 3. The molecule has 10 heteroatoms. The van der Waals surface area contributed by atoms with Crippen LogP contribution in [0.3, 0.4) is 0 Å². The highest BCUT2D eigenvalue weighted by Crippen LogP contribution is 2.27. The third-order valence-corrected chi connectivity index (χ3v) is 3.54. The molecule has 0 heterocycles. The van der Waals surface area contributed by atoms with Crippen LogP contribution in [0.25, 0.3) is 0 Å². The van der Waals surface area contributed by atoms with Gasteiger partial charge in [-0.25, -0.2) is 13.1 Å². The zero-order valence-electron chi connectivity index (χ0n) is 9.44. The lowest BCUT2D eigenvalue weighted by Crippen LogP contribution is -2.26. The van der Waals surface area contributed by atoms with Crippen LogP contribution in [0.1, 0.15) is 6.42 Å². The van der Waals surface area contributed by atoms with Crippen LogP contribution in [0.5, 0.6) is 5.75 Å². The Hall–Kier alpha value is -2.20. The number of nitro groups is 1. The van der Waals surface area contributed by atoms with E-state index < -0.39 is 43.7 Å². The van der Waals surface area contributed by atoms with Gasteiger partial charge in [-0.15, -0.1) is 0 Å². The Morgan fingerprint density at radius 1 is 1.42 bits per heavy atom. The molecule has 0 atom stereocenters. The number of carboxylic acid groups (broad SMARTS) is 1. The molecule has 0 saturated carbocycles. The molecule has 0 radical (unpaired) electrons. The summed E-state index contributed by atoms with van der Waals surface area (Å²) in [4.78, 5) is 19.5. The van der Waals surface area contributed by atoms with Crippen LogP contribution in [-0.4, -0.2) is 36.1 Å². The van der Waals surface area contributed by atoms with E-state index in [4.69, 9.17) is 5.11 Å². The fraction of sp³-hybridized carbons (Fsp3) is 0.222. The molecule has 104 valence electrons. The van der Waals surface area contributed by atoms with Crippen molar-refractivity contribution in [1.29, 1.82) is 0 Å². The molecule has 9 nitrogen and oxygen atoms in total. The summed E-state index contributed by atoms with van der Waals surface area (Å²) >= 11 is 0. The summed E-state index contributed by atoms with van der Waals surface area (Å²) in [5.74, 6) is -1.84. The molecular weight excluding hydrogens is 280 g/mol. The number of carbonyl (C=O) groups is 1. The molecular formula is C9H10N2O7S. The van der Waals surface area contributed by atoms with Gasteiger partial charge in [-0.3, -0.25) is 14.9 Å². The first-order valence-electron chi connectivity index (χ1n) is 4.93. The van der Waals surface area contributed by atoms with Crippen LogP contribution in [0.2, 0.25) is 0 Å². The number of nitro benzene ring substituents is 1. The predicted molar refractivity (Wildman–Crippen MR) is 62.2 cm³/mol. The molecule has 0 aliphatic carbocycles. The van der Waals surface area contributed by atoms with Gasteiger partial charge in [0, 0.05) is 12.6 Å². The minimum atomic E-state index is -4.06. The number of carboxylic acids is 1. The lowest BCUT2D eigenvalue weighted by Gasteiger charge is -2.05.